The number of halogens is 1. The van der Waals surface area contributed by atoms with Gasteiger partial charge in [0.15, 0.2) is 0 Å². The molecule has 2 aromatic rings. The van der Waals surface area contributed by atoms with Crippen molar-refractivity contribution in [1.29, 1.82) is 0 Å². The van der Waals surface area contributed by atoms with Crippen LogP contribution in [-0.2, 0) is 5.88 Å². The number of ether oxygens (including phenoxy) is 2. The second-order valence-electron chi connectivity index (χ2n) is 3.90. The monoisotopic (exact) mass is 296 g/mol. The Morgan fingerprint density at radius 1 is 1.30 bits per heavy atom. The number of methoxy groups -OCH3 is 2. The lowest BCUT2D eigenvalue weighted by Gasteiger charge is -2.12. The van der Waals surface area contributed by atoms with Crippen LogP contribution >= 0.6 is 11.6 Å². The van der Waals surface area contributed by atoms with Gasteiger partial charge in [-0.05, 0) is 12.1 Å². The number of nitrogens with zero attached hydrogens (tertiary/aromatic N) is 2. The molecule has 0 saturated heterocycles. The summed E-state index contributed by atoms with van der Waals surface area (Å²) in [6.07, 6.45) is 0. The molecule has 1 heterocycles. The molecule has 0 saturated carbocycles. The molecule has 0 unspecified atom stereocenters. The maximum absolute atomic E-state index is 12.0. The summed E-state index contributed by atoms with van der Waals surface area (Å²) in [6, 6.07) is 6.04. The number of hydrogen-bond donors (Lipinski definition) is 1. The van der Waals surface area contributed by atoms with Crippen LogP contribution in [0.25, 0.3) is 5.69 Å². The first-order valence-electron chi connectivity index (χ1n) is 5.71. The summed E-state index contributed by atoms with van der Waals surface area (Å²) in [5.41, 5.74) is 0.113. The highest BCUT2D eigenvalue weighted by molar-refractivity contribution is 6.17. The van der Waals surface area contributed by atoms with Crippen LogP contribution in [0.1, 0.15) is 5.69 Å². The van der Waals surface area contributed by atoms with Crippen LogP contribution in [-0.4, -0.2) is 29.1 Å². The van der Waals surface area contributed by atoms with E-state index in [2.05, 4.69) is 5.10 Å². The molecule has 0 amide bonds. The molecule has 0 fully saturated rings. The number of rotatable bonds is 4. The van der Waals surface area contributed by atoms with E-state index < -0.39 is 5.56 Å². The van der Waals surface area contributed by atoms with Crippen molar-refractivity contribution in [2.24, 2.45) is 0 Å². The molecule has 1 aromatic carbocycles. The lowest BCUT2D eigenvalue weighted by Crippen LogP contribution is -2.22. The summed E-state index contributed by atoms with van der Waals surface area (Å²) in [5, 5.41) is 13.6. The molecule has 0 spiro atoms. The predicted molar refractivity (Wildman–Crippen MR) is 74.2 cm³/mol. The molecular weight excluding hydrogens is 284 g/mol. The largest absolute Gasteiger partial charge is 0.506 e. The van der Waals surface area contributed by atoms with Crippen molar-refractivity contribution in [1.82, 2.24) is 9.78 Å². The van der Waals surface area contributed by atoms with Crippen LogP contribution in [0.5, 0.6) is 17.2 Å². The van der Waals surface area contributed by atoms with Gasteiger partial charge in [-0.2, -0.15) is 9.78 Å². The third-order valence-corrected chi connectivity index (χ3v) is 2.98. The summed E-state index contributed by atoms with van der Waals surface area (Å²) in [5.74, 6) is 0.753. The summed E-state index contributed by atoms with van der Waals surface area (Å²) in [4.78, 5) is 12.0. The van der Waals surface area contributed by atoms with Gasteiger partial charge in [0.05, 0.1) is 20.1 Å². The number of benzene rings is 1. The summed E-state index contributed by atoms with van der Waals surface area (Å²) >= 11 is 5.68. The normalized spacial score (nSPS) is 10.3. The maximum Gasteiger partial charge on any atom is 0.275 e. The standard InChI is InChI=1S/C13H13ClN2O4/c1-19-8-3-4-12(20-2)10(5-8)16-13(18)6-11(17)9(7-14)15-16/h3-6,17H,7H2,1-2H3. The average Bonchev–Trinajstić information content (AvgIpc) is 2.47. The number of aromatic nitrogens is 2. The van der Waals surface area contributed by atoms with Gasteiger partial charge >= 0.3 is 0 Å². The zero-order valence-corrected chi connectivity index (χ0v) is 11.7. The van der Waals surface area contributed by atoms with Crippen molar-refractivity contribution in [3.8, 4) is 22.9 Å². The number of hydrogen-bond acceptors (Lipinski definition) is 5. The first-order valence-corrected chi connectivity index (χ1v) is 6.24. The number of alkyl halides is 1. The van der Waals surface area contributed by atoms with Crippen molar-refractivity contribution in [3.63, 3.8) is 0 Å². The lowest BCUT2D eigenvalue weighted by molar-refractivity contribution is 0.399. The SMILES string of the molecule is COc1ccc(OC)c(-n2nc(CCl)c(O)cc2=O)c1. The van der Waals surface area contributed by atoms with E-state index in [1.54, 1.807) is 18.2 Å². The smallest absolute Gasteiger partial charge is 0.275 e. The van der Waals surface area contributed by atoms with Gasteiger partial charge in [-0.1, -0.05) is 0 Å². The van der Waals surface area contributed by atoms with Crippen molar-refractivity contribution in [2.75, 3.05) is 14.2 Å². The second-order valence-corrected chi connectivity index (χ2v) is 4.16. The maximum atomic E-state index is 12.0. The molecular formula is C13H13ClN2O4. The van der Waals surface area contributed by atoms with E-state index in [1.807, 2.05) is 0 Å². The van der Waals surface area contributed by atoms with E-state index >= 15 is 0 Å². The molecule has 0 aliphatic heterocycles. The highest BCUT2D eigenvalue weighted by Crippen LogP contribution is 2.26. The van der Waals surface area contributed by atoms with Crippen LogP contribution in [0.2, 0.25) is 0 Å². The minimum atomic E-state index is -0.497. The van der Waals surface area contributed by atoms with E-state index in [-0.39, 0.29) is 17.3 Å². The van der Waals surface area contributed by atoms with Gasteiger partial charge in [-0.25, -0.2) is 0 Å². The molecule has 0 atom stereocenters. The summed E-state index contributed by atoms with van der Waals surface area (Å²) in [6.45, 7) is 0. The Morgan fingerprint density at radius 3 is 2.65 bits per heavy atom. The number of aromatic hydroxyl groups is 1. The summed E-state index contributed by atoms with van der Waals surface area (Å²) in [7, 11) is 3.00. The molecule has 106 valence electrons. The Morgan fingerprint density at radius 2 is 2.05 bits per heavy atom. The Hall–Kier alpha value is -2.21. The highest BCUT2D eigenvalue weighted by atomic mass is 35.5. The van der Waals surface area contributed by atoms with Gasteiger partial charge in [0.25, 0.3) is 5.56 Å². The fourth-order valence-corrected chi connectivity index (χ4v) is 1.90. The minimum Gasteiger partial charge on any atom is -0.506 e. The van der Waals surface area contributed by atoms with Crippen LogP contribution < -0.4 is 15.0 Å². The molecule has 20 heavy (non-hydrogen) atoms. The van der Waals surface area contributed by atoms with E-state index in [1.165, 1.54) is 14.2 Å². The van der Waals surface area contributed by atoms with E-state index in [0.717, 1.165) is 10.7 Å². The zero-order valence-electron chi connectivity index (χ0n) is 11.0. The van der Waals surface area contributed by atoms with E-state index in [4.69, 9.17) is 21.1 Å². The average molecular weight is 297 g/mol. The third-order valence-electron chi connectivity index (χ3n) is 2.73. The van der Waals surface area contributed by atoms with Crippen molar-refractivity contribution in [2.45, 2.75) is 5.88 Å². The second kappa shape index (κ2) is 5.83. The first-order chi connectivity index (χ1) is 9.60. The van der Waals surface area contributed by atoms with Gasteiger partial charge < -0.3 is 14.6 Å². The minimum absolute atomic E-state index is 0.0155. The van der Waals surface area contributed by atoms with Gasteiger partial charge in [-0.15, -0.1) is 11.6 Å². The quantitative estimate of drug-likeness (QED) is 0.869. The fourth-order valence-electron chi connectivity index (χ4n) is 1.71. The van der Waals surface area contributed by atoms with Gasteiger partial charge in [0.2, 0.25) is 0 Å². The molecule has 1 N–H and O–H groups in total. The van der Waals surface area contributed by atoms with Crippen LogP contribution in [0, 0.1) is 0 Å². The van der Waals surface area contributed by atoms with Crippen molar-refractivity contribution in [3.05, 3.63) is 40.3 Å². The summed E-state index contributed by atoms with van der Waals surface area (Å²) < 4.78 is 11.4. The molecule has 0 bridgehead atoms. The van der Waals surface area contributed by atoms with Crippen molar-refractivity contribution < 1.29 is 14.6 Å². The Labute approximate surface area is 120 Å². The zero-order chi connectivity index (χ0) is 14.7. The Balaban J connectivity index is 2.69. The Bertz CT molecular complexity index is 685. The fraction of sp³-hybridized carbons (Fsp3) is 0.231. The van der Waals surface area contributed by atoms with Gasteiger partial charge in [0, 0.05) is 12.1 Å². The molecule has 6 nitrogen and oxygen atoms in total. The molecule has 0 radical (unpaired) electrons. The van der Waals surface area contributed by atoms with E-state index in [0.29, 0.717) is 17.2 Å². The van der Waals surface area contributed by atoms with Crippen molar-refractivity contribution >= 4 is 11.6 Å². The predicted octanol–water partition coefficient (Wildman–Crippen LogP) is 1.69. The molecule has 1 aromatic heterocycles. The van der Waals surface area contributed by atoms with Crippen LogP contribution in [0.15, 0.2) is 29.1 Å². The molecule has 0 aliphatic carbocycles. The van der Waals surface area contributed by atoms with Crippen LogP contribution in [0.4, 0.5) is 0 Å². The molecule has 7 heteroatoms. The molecule has 2 rings (SSSR count). The van der Waals surface area contributed by atoms with Crippen LogP contribution in [0.3, 0.4) is 0 Å². The van der Waals surface area contributed by atoms with Gasteiger partial charge in [-0.3, -0.25) is 4.79 Å². The third kappa shape index (κ3) is 2.55. The van der Waals surface area contributed by atoms with E-state index in [9.17, 15) is 9.90 Å². The Kier molecular flexibility index (Phi) is 4.14. The lowest BCUT2D eigenvalue weighted by atomic mass is 10.2. The molecule has 0 aliphatic rings. The first kappa shape index (κ1) is 14.2. The topological polar surface area (TPSA) is 73.6 Å². The van der Waals surface area contributed by atoms with Gasteiger partial charge in [0.1, 0.15) is 28.6 Å². The highest BCUT2D eigenvalue weighted by Gasteiger charge is 2.13.